The molecule has 0 spiro atoms. The first kappa shape index (κ1) is 22.2. The average molecular weight is 422 g/mol. The van der Waals surface area contributed by atoms with E-state index >= 15 is 0 Å². The molecule has 0 bridgehead atoms. The van der Waals surface area contributed by atoms with E-state index in [9.17, 15) is 9.59 Å². The second kappa shape index (κ2) is 10.5. The molecular formula is C21H25Cl2N3O2. The van der Waals surface area contributed by atoms with Crippen LogP contribution in [0.1, 0.15) is 31.7 Å². The van der Waals surface area contributed by atoms with E-state index in [-0.39, 0.29) is 24.9 Å². The molecule has 2 rings (SSSR count). The lowest BCUT2D eigenvalue weighted by atomic mass is 9.99. The summed E-state index contributed by atoms with van der Waals surface area (Å²) in [6.07, 6.45) is 1.07. The molecule has 0 unspecified atom stereocenters. The molecule has 0 aliphatic carbocycles. The minimum atomic E-state index is -0.303. The summed E-state index contributed by atoms with van der Waals surface area (Å²) < 4.78 is 0. The molecule has 2 aromatic rings. The first-order valence-corrected chi connectivity index (χ1v) is 9.88. The molecule has 0 heterocycles. The summed E-state index contributed by atoms with van der Waals surface area (Å²) in [5, 5.41) is 6.25. The molecule has 0 fully saturated rings. The fourth-order valence-corrected chi connectivity index (χ4v) is 3.17. The third-order valence-corrected chi connectivity index (χ3v) is 5.06. The molecule has 0 radical (unpaired) electrons. The van der Waals surface area contributed by atoms with Crippen molar-refractivity contribution in [2.75, 3.05) is 30.8 Å². The summed E-state index contributed by atoms with van der Waals surface area (Å²) >= 11 is 12.1. The van der Waals surface area contributed by atoms with Gasteiger partial charge >= 0.3 is 0 Å². The van der Waals surface area contributed by atoms with Gasteiger partial charge in [0.15, 0.2) is 0 Å². The van der Waals surface area contributed by atoms with Crippen molar-refractivity contribution in [3.8, 4) is 0 Å². The standard InChI is InChI=1S/C21H25Cl2N3O2/c1-4-14(2)15-8-10-16(11-9-15)24-19(27)12-26(3)13-20(28)25-21-17(22)6-5-7-18(21)23/h5-11,14H,4,12-13H2,1-3H3,(H,24,27)(H,25,28)/t14-/m1/s1. The van der Waals surface area contributed by atoms with Crippen LogP contribution < -0.4 is 10.6 Å². The van der Waals surface area contributed by atoms with Gasteiger partial charge in [0.2, 0.25) is 11.8 Å². The Morgan fingerprint density at radius 2 is 1.50 bits per heavy atom. The van der Waals surface area contributed by atoms with Gasteiger partial charge in [-0.15, -0.1) is 0 Å². The number of hydrogen-bond donors (Lipinski definition) is 2. The summed E-state index contributed by atoms with van der Waals surface area (Å²) in [6, 6.07) is 12.8. The van der Waals surface area contributed by atoms with Crippen molar-refractivity contribution in [3.05, 3.63) is 58.1 Å². The van der Waals surface area contributed by atoms with E-state index in [0.717, 1.165) is 12.1 Å². The molecule has 0 saturated heterocycles. The second-order valence-electron chi connectivity index (χ2n) is 6.80. The van der Waals surface area contributed by atoms with Gasteiger partial charge in [-0.3, -0.25) is 14.5 Å². The van der Waals surface area contributed by atoms with Crippen LogP contribution in [0, 0.1) is 0 Å². The smallest absolute Gasteiger partial charge is 0.238 e. The molecule has 1 atom stereocenters. The molecular weight excluding hydrogens is 397 g/mol. The van der Waals surface area contributed by atoms with E-state index in [2.05, 4.69) is 24.5 Å². The zero-order valence-electron chi connectivity index (χ0n) is 16.3. The van der Waals surface area contributed by atoms with E-state index in [0.29, 0.717) is 21.7 Å². The SMILES string of the molecule is CC[C@@H](C)c1ccc(NC(=O)CN(C)CC(=O)Nc2c(Cl)cccc2Cl)cc1. The quantitative estimate of drug-likeness (QED) is 0.628. The number of carbonyl (C=O) groups excluding carboxylic acids is 2. The van der Waals surface area contributed by atoms with Gasteiger partial charge in [-0.05, 0) is 49.2 Å². The van der Waals surface area contributed by atoms with E-state index in [1.165, 1.54) is 5.56 Å². The van der Waals surface area contributed by atoms with Crippen LogP contribution in [-0.4, -0.2) is 36.9 Å². The van der Waals surface area contributed by atoms with Crippen molar-refractivity contribution >= 4 is 46.4 Å². The van der Waals surface area contributed by atoms with Crippen LogP contribution in [0.3, 0.4) is 0 Å². The number of likely N-dealkylation sites (N-methyl/N-ethyl adjacent to an activating group) is 1. The summed E-state index contributed by atoms with van der Waals surface area (Å²) in [4.78, 5) is 26.0. The molecule has 2 amide bonds. The third kappa shape index (κ3) is 6.51. The number of hydrogen-bond acceptors (Lipinski definition) is 3. The maximum Gasteiger partial charge on any atom is 0.238 e. The van der Waals surface area contributed by atoms with Crippen molar-refractivity contribution in [2.24, 2.45) is 0 Å². The van der Waals surface area contributed by atoms with Crippen LogP contribution in [0.5, 0.6) is 0 Å². The van der Waals surface area contributed by atoms with Gasteiger partial charge in [-0.25, -0.2) is 0 Å². The highest BCUT2D eigenvalue weighted by Crippen LogP contribution is 2.29. The van der Waals surface area contributed by atoms with Crippen molar-refractivity contribution < 1.29 is 9.59 Å². The summed E-state index contributed by atoms with van der Waals surface area (Å²) in [5.41, 5.74) is 2.35. The number of para-hydroxylation sites is 1. The van der Waals surface area contributed by atoms with Gasteiger partial charge in [0.1, 0.15) is 0 Å². The van der Waals surface area contributed by atoms with Gasteiger partial charge in [-0.2, -0.15) is 0 Å². The van der Waals surface area contributed by atoms with Crippen molar-refractivity contribution in [3.63, 3.8) is 0 Å². The maximum absolute atomic E-state index is 12.2. The molecule has 2 N–H and O–H groups in total. The maximum atomic E-state index is 12.2. The molecule has 0 aromatic heterocycles. The topological polar surface area (TPSA) is 61.4 Å². The van der Waals surface area contributed by atoms with Crippen LogP contribution in [0.25, 0.3) is 0 Å². The molecule has 28 heavy (non-hydrogen) atoms. The average Bonchev–Trinajstić information content (AvgIpc) is 2.64. The highest BCUT2D eigenvalue weighted by molar-refractivity contribution is 6.39. The van der Waals surface area contributed by atoms with Crippen molar-refractivity contribution in [1.82, 2.24) is 4.90 Å². The van der Waals surface area contributed by atoms with Crippen LogP contribution in [0.15, 0.2) is 42.5 Å². The van der Waals surface area contributed by atoms with Gasteiger partial charge in [0.05, 0.1) is 28.8 Å². The Morgan fingerprint density at radius 3 is 2.04 bits per heavy atom. The number of nitrogens with one attached hydrogen (secondary N) is 2. The first-order chi connectivity index (χ1) is 13.3. The van der Waals surface area contributed by atoms with Crippen LogP contribution in [-0.2, 0) is 9.59 Å². The predicted octanol–water partition coefficient (Wildman–Crippen LogP) is 5.02. The molecule has 5 nitrogen and oxygen atoms in total. The van der Waals surface area contributed by atoms with E-state index in [1.807, 2.05) is 24.3 Å². The minimum Gasteiger partial charge on any atom is -0.325 e. The van der Waals surface area contributed by atoms with Crippen molar-refractivity contribution in [1.29, 1.82) is 0 Å². The third-order valence-electron chi connectivity index (χ3n) is 4.43. The minimum absolute atomic E-state index is 0.0297. The largest absolute Gasteiger partial charge is 0.325 e. The first-order valence-electron chi connectivity index (χ1n) is 9.12. The Hall–Kier alpha value is -2.08. The van der Waals surface area contributed by atoms with E-state index in [4.69, 9.17) is 23.2 Å². The number of halogens is 2. The zero-order chi connectivity index (χ0) is 20.7. The van der Waals surface area contributed by atoms with Gasteiger partial charge < -0.3 is 10.6 Å². The van der Waals surface area contributed by atoms with Crippen LogP contribution in [0.2, 0.25) is 10.0 Å². The normalized spacial score (nSPS) is 11.9. The van der Waals surface area contributed by atoms with Gasteiger partial charge in [0, 0.05) is 5.69 Å². The number of amides is 2. The van der Waals surface area contributed by atoms with E-state index in [1.54, 1.807) is 30.1 Å². The van der Waals surface area contributed by atoms with Crippen molar-refractivity contribution in [2.45, 2.75) is 26.2 Å². The number of anilines is 2. The highest BCUT2D eigenvalue weighted by Gasteiger charge is 2.14. The lowest BCUT2D eigenvalue weighted by Crippen LogP contribution is -2.36. The number of carbonyl (C=O) groups is 2. The second-order valence-corrected chi connectivity index (χ2v) is 7.61. The Balaban J connectivity index is 1.84. The Labute approximate surface area is 176 Å². The predicted molar refractivity (Wildman–Crippen MR) is 116 cm³/mol. The van der Waals surface area contributed by atoms with Gasteiger partial charge in [0.25, 0.3) is 0 Å². The monoisotopic (exact) mass is 421 g/mol. The molecule has 0 aliphatic rings. The summed E-state index contributed by atoms with van der Waals surface area (Å²) in [6.45, 7) is 4.42. The fraction of sp³-hybridized carbons (Fsp3) is 0.333. The summed E-state index contributed by atoms with van der Waals surface area (Å²) in [7, 11) is 1.69. The molecule has 7 heteroatoms. The number of rotatable bonds is 8. The lowest BCUT2D eigenvalue weighted by Gasteiger charge is -2.17. The van der Waals surface area contributed by atoms with Crippen LogP contribution >= 0.6 is 23.2 Å². The number of benzene rings is 2. The van der Waals surface area contributed by atoms with E-state index < -0.39 is 0 Å². The molecule has 2 aromatic carbocycles. The lowest BCUT2D eigenvalue weighted by molar-refractivity contribution is -0.119. The number of nitrogens with zero attached hydrogens (tertiary/aromatic N) is 1. The fourth-order valence-electron chi connectivity index (χ4n) is 2.67. The highest BCUT2D eigenvalue weighted by atomic mass is 35.5. The Bertz CT molecular complexity index is 805. The molecule has 0 saturated carbocycles. The molecule has 150 valence electrons. The zero-order valence-corrected chi connectivity index (χ0v) is 17.8. The Morgan fingerprint density at radius 1 is 0.964 bits per heavy atom. The summed E-state index contributed by atoms with van der Waals surface area (Å²) in [5.74, 6) is -0.00779. The molecule has 0 aliphatic heterocycles. The van der Waals surface area contributed by atoms with Crippen LogP contribution in [0.4, 0.5) is 11.4 Å². The Kier molecular flexibility index (Phi) is 8.30. The van der Waals surface area contributed by atoms with Gasteiger partial charge in [-0.1, -0.05) is 55.2 Å².